The number of hydrogen-bond acceptors (Lipinski definition) is 5. The Bertz CT molecular complexity index is 792. The average molecular weight is 359 g/mol. The Labute approximate surface area is 153 Å². The molecular formula is C20H25NO5. The fourth-order valence-corrected chi connectivity index (χ4v) is 2.98. The van der Waals surface area contributed by atoms with E-state index in [2.05, 4.69) is 6.92 Å². The van der Waals surface area contributed by atoms with Gasteiger partial charge in [0.25, 0.3) is 5.54 Å². The molecule has 2 aromatic carbocycles. The van der Waals surface area contributed by atoms with Gasteiger partial charge in [0.2, 0.25) is 0 Å². The van der Waals surface area contributed by atoms with E-state index < -0.39 is 11.3 Å². The van der Waals surface area contributed by atoms with Crippen LogP contribution in [0.3, 0.4) is 0 Å². The molecule has 6 heteroatoms. The highest BCUT2D eigenvalue weighted by Gasteiger charge is 2.51. The molecule has 26 heavy (non-hydrogen) atoms. The molecule has 0 saturated carbocycles. The van der Waals surface area contributed by atoms with E-state index in [-0.39, 0.29) is 18.1 Å². The molecule has 1 fully saturated rings. The highest BCUT2D eigenvalue weighted by atomic mass is 16.7. The van der Waals surface area contributed by atoms with E-state index in [1.165, 1.54) is 0 Å². The van der Waals surface area contributed by atoms with E-state index in [0.29, 0.717) is 12.2 Å². The van der Waals surface area contributed by atoms with Gasteiger partial charge in [0, 0.05) is 10.5 Å². The summed E-state index contributed by atoms with van der Waals surface area (Å²) in [6.07, 6.45) is 2.10. The second kappa shape index (κ2) is 7.21. The first-order valence-corrected chi connectivity index (χ1v) is 8.96. The van der Waals surface area contributed by atoms with Crippen molar-refractivity contribution in [1.29, 1.82) is 0 Å². The molecule has 0 amide bonds. The van der Waals surface area contributed by atoms with Crippen LogP contribution in [0.5, 0.6) is 5.75 Å². The van der Waals surface area contributed by atoms with Crippen LogP contribution in [-0.4, -0.2) is 30.5 Å². The summed E-state index contributed by atoms with van der Waals surface area (Å²) in [5, 5.41) is 13.8. The normalized spacial score (nSPS) is 18.6. The van der Waals surface area contributed by atoms with Gasteiger partial charge in [-0.1, -0.05) is 31.5 Å². The lowest BCUT2D eigenvalue weighted by Gasteiger charge is -2.38. The SMILES string of the molecule is CCCCOc1ccc2cc(C3([N+](=O)[O-])COC(C)(C)OC3)ccc2c1. The third-order valence-corrected chi connectivity index (χ3v) is 4.78. The molecule has 0 bridgehead atoms. The van der Waals surface area contributed by atoms with E-state index in [1.54, 1.807) is 19.9 Å². The van der Waals surface area contributed by atoms with Crippen molar-refractivity contribution in [2.24, 2.45) is 0 Å². The second-order valence-electron chi connectivity index (χ2n) is 7.19. The fraction of sp³-hybridized carbons (Fsp3) is 0.500. The predicted octanol–water partition coefficient (Wildman–Crippen LogP) is 4.27. The van der Waals surface area contributed by atoms with Crippen LogP contribution in [0.4, 0.5) is 0 Å². The minimum Gasteiger partial charge on any atom is -0.494 e. The van der Waals surface area contributed by atoms with Gasteiger partial charge in [0.05, 0.1) is 6.61 Å². The number of benzene rings is 2. The van der Waals surface area contributed by atoms with E-state index in [1.807, 2.05) is 30.3 Å². The second-order valence-corrected chi connectivity index (χ2v) is 7.19. The number of rotatable bonds is 6. The first kappa shape index (κ1) is 18.6. The number of unbranched alkanes of at least 4 members (excludes halogenated alkanes) is 1. The van der Waals surface area contributed by atoms with Gasteiger partial charge >= 0.3 is 0 Å². The van der Waals surface area contributed by atoms with Crippen LogP contribution >= 0.6 is 0 Å². The van der Waals surface area contributed by atoms with Crippen molar-refractivity contribution in [3.63, 3.8) is 0 Å². The zero-order chi connectivity index (χ0) is 18.8. The van der Waals surface area contributed by atoms with Crippen molar-refractivity contribution in [2.75, 3.05) is 19.8 Å². The van der Waals surface area contributed by atoms with Gasteiger partial charge in [-0.3, -0.25) is 10.1 Å². The van der Waals surface area contributed by atoms with Crippen LogP contribution in [0, 0.1) is 10.1 Å². The molecule has 6 nitrogen and oxygen atoms in total. The Hall–Kier alpha value is -2.18. The quantitative estimate of drug-likeness (QED) is 0.437. The van der Waals surface area contributed by atoms with Gasteiger partial charge in [-0.2, -0.15) is 0 Å². The van der Waals surface area contributed by atoms with Crippen molar-refractivity contribution in [3.05, 3.63) is 52.1 Å². The Morgan fingerprint density at radius 2 is 1.77 bits per heavy atom. The number of nitro groups is 1. The molecule has 0 aliphatic carbocycles. The summed E-state index contributed by atoms with van der Waals surface area (Å²) in [5.41, 5.74) is -0.801. The van der Waals surface area contributed by atoms with Gasteiger partial charge in [0.15, 0.2) is 5.79 Å². The van der Waals surface area contributed by atoms with Gasteiger partial charge in [-0.15, -0.1) is 0 Å². The number of ether oxygens (including phenoxy) is 3. The predicted molar refractivity (Wildman–Crippen MR) is 99.0 cm³/mol. The van der Waals surface area contributed by atoms with Crippen LogP contribution in [0.15, 0.2) is 36.4 Å². The molecule has 0 atom stereocenters. The van der Waals surface area contributed by atoms with Gasteiger partial charge in [-0.05, 0) is 49.2 Å². The summed E-state index contributed by atoms with van der Waals surface area (Å²) in [5.74, 6) is 0.00920. The van der Waals surface area contributed by atoms with E-state index >= 15 is 0 Å². The molecule has 1 aliphatic rings. The summed E-state index contributed by atoms with van der Waals surface area (Å²) in [6.45, 7) is 6.30. The molecule has 1 aliphatic heterocycles. The Morgan fingerprint density at radius 3 is 2.42 bits per heavy atom. The summed E-state index contributed by atoms with van der Waals surface area (Å²) < 4.78 is 16.9. The molecule has 140 valence electrons. The van der Waals surface area contributed by atoms with Crippen molar-refractivity contribution < 1.29 is 19.1 Å². The maximum Gasteiger partial charge on any atom is 0.292 e. The maximum absolute atomic E-state index is 11.9. The number of hydrogen-bond donors (Lipinski definition) is 0. The van der Waals surface area contributed by atoms with Gasteiger partial charge < -0.3 is 14.2 Å². The summed E-state index contributed by atoms with van der Waals surface area (Å²) in [7, 11) is 0. The Kier molecular flexibility index (Phi) is 5.16. The lowest BCUT2D eigenvalue weighted by atomic mass is 9.89. The smallest absolute Gasteiger partial charge is 0.292 e. The first-order chi connectivity index (χ1) is 12.4. The van der Waals surface area contributed by atoms with E-state index in [9.17, 15) is 10.1 Å². The average Bonchev–Trinajstić information content (AvgIpc) is 2.61. The number of nitrogens with zero attached hydrogens (tertiary/aromatic N) is 1. The molecule has 1 saturated heterocycles. The minimum absolute atomic E-state index is 0.0171. The molecule has 0 unspecified atom stereocenters. The minimum atomic E-state index is -1.39. The fourth-order valence-electron chi connectivity index (χ4n) is 2.98. The Morgan fingerprint density at radius 1 is 1.12 bits per heavy atom. The van der Waals surface area contributed by atoms with Crippen LogP contribution in [0.2, 0.25) is 0 Å². The lowest BCUT2D eigenvalue weighted by molar-refractivity contribution is -0.605. The Balaban J connectivity index is 1.89. The van der Waals surface area contributed by atoms with E-state index in [4.69, 9.17) is 14.2 Å². The molecule has 0 N–H and O–H groups in total. The summed E-state index contributed by atoms with van der Waals surface area (Å²) in [4.78, 5) is 11.6. The van der Waals surface area contributed by atoms with Crippen LogP contribution < -0.4 is 4.74 Å². The first-order valence-electron chi connectivity index (χ1n) is 8.96. The highest BCUT2D eigenvalue weighted by Crippen LogP contribution is 2.35. The lowest BCUT2D eigenvalue weighted by Crippen LogP contribution is -2.53. The topological polar surface area (TPSA) is 70.8 Å². The van der Waals surface area contributed by atoms with Crippen LogP contribution in [-0.2, 0) is 15.0 Å². The van der Waals surface area contributed by atoms with Gasteiger partial charge in [-0.25, -0.2) is 0 Å². The third kappa shape index (κ3) is 3.66. The highest BCUT2D eigenvalue weighted by molar-refractivity contribution is 5.84. The van der Waals surface area contributed by atoms with Crippen molar-refractivity contribution in [1.82, 2.24) is 0 Å². The largest absolute Gasteiger partial charge is 0.494 e. The molecule has 0 spiro atoms. The molecule has 2 aromatic rings. The standard InChI is InChI=1S/C20H25NO5/c1-4-5-10-24-18-9-7-15-11-17(8-6-16(15)12-18)20(21(22)23)13-25-19(2,3)26-14-20/h6-9,11-12H,4-5,10,13-14H2,1-3H3. The molecule has 0 aromatic heterocycles. The molecular weight excluding hydrogens is 334 g/mol. The zero-order valence-electron chi connectivity index (χ0n) is 15.5. The zero-order valence-corrected chi connectivity index (χ0v) is 15.5. The summed E-state index contributed by atoms with van der Waals surface area (Å²) >= 11 is 0. The molecule has 3 rings (SSSR count). The van der Waals surface area contributed by atoms with E-state index in [0.717, 1.165) is 29.4 Å². The third-order valence-electron chi connectivity index (χ3n) is 4.78. The monoisotopic (exact) mass is 359 g/mol. The number of fused-ring (bicyclic) bond motifs is 1. The van der Waals surface area contributed by atoms with Crippen LogP contribution in [0.25, 0.3) is 10.8 Å². The molecule has 0 radical (unpaired) electrons. The van der Waals surface area contributed by atoms with Crippen LogP contribution in [0.1, 0.15) is 39.2 Å². The maximum atomic E-state index is 11.9. The van der Waals surface area contributed by atoms with Crippen molar-refractivity contribution in [2.45, 2.75) is 44.9 Å². The van der Waals surface area contributed by atoms with Crippen molar-refractivity contribution >= 4 is 10.8 Å². The summed E-state index contributed by atoms with van der Waals surface area (Å²) in [6, 6.07) is 11.3. The van der Waals surface area contributed by atoms with Gasteiger partial charge in [0.1, 0.15) is 19.0 Å². The molecule has 1 heterocycles. The van der Waals surface area contributed by atoms with Crippen molar-refractivity contribution in [3.8, 4) is 5.75 Å².